The molecule has 0 aliphatic carbocycles. The molecule has 1 unspecified atom stereocenters. The third-order valence-electron chi connectivity index (χ3n) is 3.98. The van der Waals surface area contributed by atoms with Gasteiger partial charge in [-0.05, 0) is 49.5 Å². The average molecular weight is 267 g/mol. The van der Waals surface area contributed by atoms with Crippen LogP contribution >= 0.6 is 11.6 Å². The summed E-state index contributed by atoms with van der Waals surface area (Å²) in [6, 6.07) is 8.12. The lowest BCUT2D eigenvalue weighted by atomic mass is 9.95. The summed E-state index contributed by atoms with van der Waals surface area (Å²) in [5.41, 5.74) is 7.23. The monoisotopic (exact) mass is 266 g/mol. The minimum Gasteiger partial charge on any atom is -0.330 e. The number of nitrogens with two attached hydrogens (primary N) is 1. The third kappa shape index (κ3) is 3.71. The first-order valence-corrected chi connectivity index (χ1v) is 7.24. The zero-order chi connectivity index (χ0) is 13.0. The number of likely N-dealkylation sites (tertiary alicyclic amines) is 1. The maximum Gasteiger partial charge on any atom is 0.0406 e. The highest BCUT2D eigenvalue weighted by Crippen LogP contribution is 2.22. The van der Waals surface area contributed by atoms with Crippen LogP contribution in [0.4, 0.5) is 0 Å². The lowest BCUT2D eigenvalue weighted by Crippen LogP contribution is -2.37. The molecule has 100 valence electrons. The molecule has 18 heavy (non-hydrogen) atoms. The second-order valence-corrected chi connectivity index (χ2v) is 5.90. The van der Waals surface area contributed by atoms with Gasteiger partial charge in [-0.2, -0.15) is 0 Å². The second-order valence-electron chi connectivity index (χ2n) is 5.47. The third-order valence-corrected chi connectivity index (χ3v) is 4.23. The summed E-state index contributed by atoms with van der Waals surface area (Å²) in [5, 5.41) is 0.793. The lowest BCUT2D eigenvalue weighted by molar-refractivity contribution is 0.183. The molecule has 1 heterocycles. The highest BCUT2D eigenvalue weighted by molar-refractivity contribution is 6.30. The van der Waals surface area contributed by atoms with Crippen molar-refractivity contribution in [2.45, 2.75) is 25.7 Å². The van der Waals surface area contributed by atoms with Crippen molar-refractivity contribution in [3.8, 4) is 0 Å². The Morgan fingerprint density at radius 3 is 2.44 bits per heavy atom. The zero-order valence-electron chi connectivity index (χ0n) is 11.1. The fraction of sp³-hybridized carbons (Fsp3) is 0.600. The molecule has 2 nitrogen and oxygen atoms in total. The molecule has 1 aliphatic rings. The Bertz CT molecular complexity index is 355. The Morgan fingerprint density at radius 2 is 1.89 bits per heavy atom. The van der Waals surface area contributed by atoms with E-state index in [1.54, 1.807) is 0 Å². The molecule has 3 heteroatoms. The van der Waals surface area contributed by atoms with Gasteiger partial charge in [-0.25, -0.2) is 0 Å². The molecule has 0 radical (unpaired) electrons. The van der Waals surface area contributed by atoms with E-state index in [0.29, 0.717) is 12.5 Å². The van der Waals surface area contributed by atoms with Gasteiger partial charge in [-0.1, -0.05) is 30.7 Å². The van der Waals surface area contributed by atoms with Gasteiger partial charge in [0.2, 0.25) is 0 Å². The average Bonchev–Trinajstić information content (AvgIpc) is 2.39. The number of piperidine rings is 1. The first-order valence-electron chi connectivity index (χ1n) is 6.87. The van der Waals surface area contributed by atoms with Gasteiger partial charge >= 0.3 is 0 Å². The van der Waals surface area contributed by atoms with Crippen molar-refractivity contribution >= 4 is 11.6 Å². The van der Waals surface area contributed by atoms with Gasteiger partial charge in [0.05, 0.1) is 0 Å². The van der Waals surface area contributed by atoms with Crippen LogP contribution in [0.5, 0.6) is 0 Å². The highest BCUT2D eigenvalue weighted by atomic mass is 35.5. The van der Waals surface area contributed by atoms with Gasteiger partial charge in [0.25, 0.3) is 0 Å². The molecule has 0 saturated carbocycles. The molecular formula is C15H23ClN2. The predicted molar refractivity (Wildman–Crippen MR) is 78.1 cm³/mol. The Balaban J connectivity index is 1.94. The second kappa shape index (κ2) is 6.55. The van der Waals surface area contributed by atoms with Crippen molar-refractivity contribution in [1.82, 2.24) is 4.90 Å². The topological polar surface area (TPSA) is 29.3 Å². The smallest absolute Gasteiger partial charge is 0.0406 e. The predicted octanol–water partition coefficient (Wildman–Crippen LogP) is 3.11. The minimum absolute atomic E-state index is 0.427. The van der Waals surface area contributed by atoms with E-state index in [9.17, 15) is 0 Å². The van der Waals surface area contributed by atoms with E-state index in [1.807, 2.05) is 12.1 Å². The largest absolute Gasteiger partial charge is 0.330 e. The first-order chi connectivity index (χ1) is 8.69. The molecule has 1 aromatic carbocycles. The Morgan fingerprint density at radius 1 is 1.28 bits per heavy atom. The molecule has 2 rings (SSSR count). The van der Waals surface area contributed by atoms with Crippen LogP contribution in [0.1, 0.15) is 31.2 Å². The van der Waals surface area contributed by atoms with Crippen LogP contribution in [-0.2, 0) is 0 Å². The fourth-order valence-electron chi connectivity index (χ4n) is 2.61. The summed E-state index contributed by atoms with van der Waals surface area (Å²) < 4.78 is 0. The Hall–Kier alpha value is -0.570. The normalized spacial score (nSPS) is 19.9. The zero-order valence-corrected chi connectivity index (χ0v) is 11.9. The van der Waals surface area contributed by atoms with E-state index < -0.39 is 0 Å². The Kier molecular flexibility index (Phi) is 5.04. The molecule has 0 spiro atoms. The maximum atomic E-state index is 5.93. The van der Waals surface area contributed by atoms with Crippen molar-refractivity contribution in [1.29, 1.82) is 0 Å². The van der Waals surface area contributed by atoms with Gasteiger partial charge < -0.3 is 10.6 Å². The molecule has 1 fully saturated rings. The molecule has 1 aromatic rings. The highest BCUT2D eigenvalue weighted by Gasteiger charge is 2.19. The van der Waals surface area contributed by atoms with Gasteiger partial charge in [0.1, 0.15) is 0 Å². The summed E-state index contributed by atoms with van der Waals surface area (Å²) in [6.45, 7) is 6.55. The van der Waals surface area contributed by atoms with Crippen LogP contribution < -0.4 is 5.73 Å². The molecule has 1 aliphatic heterocycles. The number of hydrogen-bond acceptors (Lipinski definition) is 2. The number of benzene rings is 1. The molecule has 2 N–H and O–H groups in total. The van der Waals surface area contributed by atoms with Crippen molar-refractivity contribution in [2.75, 3.05) is 26.2 Å². The number of hydrogen-bond donors (Lipinski definition) is 1. The molecule has 1 saturated heterocycles. The summed E-state index contributed by atoms with van der Waals surface area (Å²) in [7, 11) is 0. The SMILES string of the molecule is CC1CCN(CC(CN)c2ccc(Cl)cc2)CC1. The summed E-state index contributed by atoms with van der Waals surface area (Å²) in [6.07, 6.45) is 2.63. The van der Waals surface area contributed by atoms with Crippen LogP contribution in [0, 0.1) is 5.92 Å². The summed E-state index contributed by atoms with van der Waals surface area (Å²) >= 11 is 5.93. The van der Waals surface area contributed by atoms with Crippen LogP contribution in [-0.4, -0.2) is 31.1 Å². The van der Waals surface area contributed by atoms with Gasteiger partial charge in [-0.3, -0.25) is 0 Å². The molecule has 0 amide bonds. The molecule has 0 aromatic heterocycles. The maximum absolute atomic E-state index is 5.93. The number of rotatable bonds is 4. The minimum atomic E-state index is 0.427. The fourth-order valence-corrected chi connectivity index (χ4v) is 2.73. The van der Waals surface area contributed by atoms with Crippen LogP contribution in [0.3, 0.4) is 0 Å². The van der Waals surface area contributed by atoms with E-state index in [4.69, 9.17) is 17.3 Å². The van der Waals surface area contributed by atoms with E-state index >= 15 is 0 Å². The number of halogens is 1. The van der Waals surface area contributed by atoms with Crippen molar-refractivity contribution in [3.05, 3.63) is 34.9 Å². The van der Waals surface area contributed by atoms with Crippen molar-refractivity contribution in [2.24, 2.45) is 11.7 Å². The van der Waals surface area contributed by atoms with Crippen molar-refractivity contribution < 1.29 is 0 Å². The Labute approximate surface area is 115 Å². The molecule has 0 bridgehead atoms. The van der Waals surface area contributed by atoms with Crippen molar-refractivity contribution in [3.63, 3.8) is 0 Å². The lowest BCUT2D eigenvalue weighted by Gasteiger charge is -2.32. The number of nitrogens with zero attached hydrogens (tertiary/aromatic N) is 1. The van der Waals surface area contributed by atoms with Gasteiger partial charge in [0, 0.05) is 24.0 Å². The van der Waals surface area contributed by atoms with Crippen LogP contribution in [0.2, 0.25) is 5.02 Å². The van der Waals surface area contributed by atoms with Gasteiger partial charge in [0.15, 0.2) is 0 Å². The van der Waals surface area contributed by atoms with Crippen LogP contribution in [0.15, 0.2) is 24.3 Å². The summed E-state index contributed by atoms with van der Waals surface area (Å²) in [5.74, 6) is 1.31. The van der Waals surface area contributed by atoms with E-state index in [1.165, 1.54) is 31.5 Å². The molecular weight excluding hydrogens is 244 g/mol. The van der Waals surface area contributed by atoms with Crippen LogP contribution in [0.25, 0.3) is 0 Å². The van der Waals surface area contributed by atoms with E-state index in [0.717, 1.165) is 17.5 Å². The van der Waals surface area contributed by atoms with E-state index in [-0.39, 0.29) is 0 Å². The van der Waals surface area contributed by atoms with E-state index in [2.05, 4.69) is 24.0 Å². The quantitative estimate of drug-likeness (QED) is 0.907. The first kappa shape index (κ1) is 13.9. The molecule has 1 atom stereocenters. The summed E-state index contributed by atoms with van der Waals surface area (Å²) in [4.78, 5) is 2.55. The standard InChI is InChI=1S/C15H23ClN2/c1-12-6-8-18(9-7-12)11-14(10-17)13-2-4-15(16)5-3-13/h2-5,12,14H,6-11,17H2,1H3. The van der Waals surface area contributed by atoms with Gasteiger partial charge in [-0.15, -0.1) is 0 Å².